The summed E-state index contributed by atoms with van der Waals surface area (Å²) < 4.78 is 10.7. The summed E-state index contributed by atoms with van der Waals surface area (Å²) in [6.07, 6.45) is 5.22. The number of rotatable bonds is 5. The van der Waals surface area contributed by atoms with Crippen molar-refractivity contribution in [2.75, 3.05) is 7.11 Å². The minimum atomic E-state index is -0.409. The van der Waals surface area contributed by atoms with E-state index in [4.69, 9.17) is 32.7 Å². The van der Waals surface area contributed by atoms with Gasteiger partial charge in [-0.05, 0) is 54.5 Å². The van der Waals surface area contributed by atoms with Crippen molar-refractivity contribution in [1.29, 1.82) is 0 Å². The Bertz CT molecular complexity index is 993. The molecule has 2 aliphatic rings. The van der Waals surface area contributed by atoms with Crippen molar-refractivity contribution >= 4 is 35.0 Å². The number of methoxy groups -OCH3 is 1. The molecular weight excluding hydrogens is 423 g/mol. The number of ketones is 1. The zero-order chi connectivity index (χ0) is 21.5. The molecule has 0 saturated heterocycles. The van der Waals surface area contributed by atoms with E-state index in [9.17, 15) is 9.59 Å². The van der Waals surface area contributed by atoms with E-state index in [2.05, 4.69) is 6.92 Å². The topological polar surface area (TPSA) is 52.6 Å². The van der Waals surface area contributed by atoms with Gasteiger partial charge in [0.25, 0.3) is 0 Å². The van der Waals surface area contributed by atoms with E-state index < -0.39 is 5.41 Å². The maximum atomic E-state index is 13.3. The number of ether oxygens (including phenoxy) is 2. The minimum absolute atomic E-state index is 0.112. The summed E-state index contributed by atoms with van der Waals surface area (Å²) >= 11 is 13.0. The van der Waals surface area contributed by atoms with Crippen LogP contribution in [0.4, 0.5) is 0 Å². The van der Waals surface area contributed by atoms with Gasteiger partial charge in [-0.3, -0.25) is 4.79 Å². The van der Waals surface area contributed by atoms with E-state index in [0.29, 0.717) is 29.2 Å². The number of halogens is 2. The van der Waals surface area contributed by atoms with Crippen molar-refractivity contribution in [3.05, 3.63) is 62.6 Å². The first-order chi connectivity index (χ1) is 14.3. The Kier molecular flexibility index (Phi) is 5.82. The molecule has 0 N–H and O–H groups in total. The van der Waals surface area contributed by atoms with Gasteiger partial charge in [-0.1, -0.05) is 55.1 Å². The van der Waals surface area contributed by atoms with Gasteiger partial charge in [-0.2, -0.15) is 0 Å². The van der Waals surface area contributed by atoms with Gasteiger partial charge < -0.3 is 9.47 Å². The number of benzene rings is 2. The Morgan fingerprint density at radius 2 is 1.80 bits per heavy atom. The van der Waals surface area contributed by atoms with Crippen LogP contribution < -0.4 is 4.74 Å². The Hall–Kier alpha value is -2.04. The van der Waals surface area contributed by atoms with Crippen molar-refractivity contribution in [1.82, 2.24) is 0 Å². The number of carbonyl (C=O) groups is 2. The minimum Gasteiger partial charge on any atom is -0.487 e. The molecule has 2 aliphatic carbocycles. The molecule has 158 valence electrons. The summed E-state index contributed by atoms with van der Waals surface area (Å²) in [5, 5.41) is 0.558. The second-order valence-electron chi connectivity index (χ2n) is 8.42. The molecule has 0 spiro atoms. The molecule has 0 aliphatic heterocycles. The monoisotopic (exact) mass is 446 g/mol. The molecule has 0 aromatic heterocycles. The van der Waals surface area contributed by atoms with Crippen LogP contribution in [0.1, 0.15) is 64.4 Å². The lowest BCUT2D eigenvalue weighted by atomic mass is 9.73. The summed E-state index contributed by atoms with van der Waals surface area (Å²) in [7, 11) is 1.35. The fraction of sp³-hybridized carbons (Fsp3) is 0.417. The van der Waals surface area contributed by atoms with Crippen molar-refractivity contribution in [2.45, 2.75) is 45.6 Å². The molecule has 2 aromatic rings. The van der Waals surface area contributed by atoms with Gasteiger partial charge >= 0.3 is 5.97 Å². The predicted molar refractivity (Wildman–Crippen MR) is 117 cm³/mol. The summed E-state index contributed by atoms with van der Waals surface area (Å²) in [6, 6.07) is 8.84. The molecule has 1 atom stereocenters. The Balaban J connectivity index is 1.55. The normalized spacial score (nSPS) is 21.0. The van der Waals surface area contributed by atoms with Crippen LogP contribution in [0, 0.1) is 11.3 Å². The van der Waals surface area contributed by atoms with Crippen LogP contribution in [0.3, 0.4) is 0 Å². The van der Waals surface area contributed by atoms with Crippen molar-refractivity contribution in [3.63, 3.8) is 0 Å². The van der Waals surface area contributed by atoms with Crippen LogP contribution in [0.15, 0.2) is 30.3 Å². The SMILES string of the molecule is COC(=O)c1ccc(COc2cc3c(c(Cl)c2Cl)C(=O)C(C)(C2CCCC2)C3)cc1. The standard InChI is InChI=1S/C24H24Cl2O4/c1-24(17-5-3-4-6-17)12-16-11-18(20(25)21(26)19(16)22(24)27)30-13-14-7-9-15(10-8-14)23(28)29-2/h7-11,17H,3-6,12-13H2,1-2H3. The van der Waals surface area contributed by atoms with Gasteiger partial charge in [-0.25, -0.2) is 4.79 Å². The highest BCUT2D eigenvalue weighted by molar-refractivity contribution is 6.45. The summed E-state index contributed by atoms with van der Waals surface area (Å²) in [6.45, 7) is 2.34. The molecule has 0 radical (unpaired) electrons. The molecule has 1 unspecified atom stereocenters. The zero-order valence-corrected chi connectivity index (χ0v) is 18.6. The van der Waals surface area contributed by atoms with Gasteiger partial charge in [0.1, 0.15) is 17.4 Å². The average molecular weight is 447 g/mol. The lowest BCUT2D eigenvalue weighted by molar-refractivity contribution is 0.0600. The number of carbonyl (C=O) groups excluding carboxylic acids is 2. The molecule has 0 heterocycles. The highest BCUT2D eigenvalue weighted by atomic mass is 35.5. The number of Topliss-reactive ketones (excluding diaryl/α,β-unsaturated/α-hetero) is 1. The molecule has 0 bridgehead atoms. The molecular formula is C24H24Cl2O4. The first-order valence-corrected chi connectivity index (χ1v) is 11.0. The number of fused-ring (bicyclic) bond motifs is 1. The van der Waals surface area contributed by atoms with Crippen molar-refractivity contribution < 1.29 is 19.1 Å². The van der Waals surface area contributed by atoms with Crippen LogP contribution in [0.5, 0.6) is 5.75 Å². The third-order valence-electron chi connectivity index (χ3n) is 6.58. The summed E-state index contributed by atoms with van der Waals surface area (Å²) in [4.78, 5) is 24.8. The number of hydrogen-bond acceptors (Lipinski definition) is 4. The van der Waals surface area contributed by atoms with E-state index in [-0.39, 0.29) is 28.4 Å². The van der Waals surface area contributed by atoms with E-state index in [1.165, 1.54) is 20.0 Å². The Morgan fingerprint density at radius 1 is 1.13 bits per heavy atom. The van der Waals surface area contributed by atoms with Crippen LogP contribution in [0.25, 0.3) is 0 Å². The second kappa shape index (κ2) is 8.24. The quantitative estimate of drug-likeness (QED) is 0.505. The molecule has 1 fully saturated rings. The van der Waals surface area contributed by atoms with Gasteiger partial charge in [0, 0.05) is 11.0 Å². The third kappa shape index (κ3) is 3.61. The fourth-order valence-electron chi connectivity index (χ4n) is 4.81. The molecule has 4 rings (SSSR count). The van der Waals surface area contributed by atoms with Gasteiger partial charge in [0.15, 0.2) is 5.78 Å². The van der Waals surface area contributed by atoms with E-state index >= 15 is 0 Å². The highest BCUT2D eigenvalue weighted by Gasteiger charge is 2.49. The fourth-order valence-corrected chi connectivity index (χ4v) is 5.32. The van der Waals surface area contributed by atoms with E-state index in [1.807, 2.05) is 6.07 Å². The molecule has 6 heteroatoms. The van der Waals surface area contributed by atoms with Crippen molar-refractivity contribution in [3.8, 4) is 5.75 Å². The average Bonchev–Trinajstić information content (AvgIpc) is 3.38. The molecule has 2 aromatic carbocycles. The maximum absolute atomic E-state index is 13.3. The number of esters is 1. The third-order valence-corrected chi connectivity index (χ3v) is 7.43. The Morgan fingerprint density at radius 3 is 2.43 bits per heavy atom. The second-order valence-corrected chi connectivity index (χ2v) is 9.17. The van der Waals surface area contributed by atoms with Crippen LogP contribution >= 0.6 is 23.2 Å². The van der Waals surface area contributed by atoms with E-state index in [1.54, 1.807) is 24.3 Å². The smallest absolute Gasteiger partial charge is 0.337 e. The van der Waals surface area contributed by atoms with Gasteiger partial charge in [0.05, 0.1) is 17.7 Å². The Labute approximate surface area is 186 Å². The lowest BCUT2D eigenvalue weighted by Gasteiger charge is -2.29. The first-order valence-electron chi connectivity index (χ1n) is 10.2. The maximum Gasteiger partial charge on any atom is 0.337 e. The lowest BCUT2D eigenvalue weighted by Crippen LogP contribution is -2.32. The van der Waals surface area contributed by atoms with Gasteiger partial charge in [0.2, 0.25) is 0 Å². The largest absolute Gasteiger partial charge is 0.487 e. The molecule has 0 amide bonds. The van der Waals surface area contributed by atoms with Crippen LogP contribution in [-0.2, 0) is 17.8 Å². The van der Waals surface area contributed by atoms with Gasteiger partial charge in [-0.15, -0.1) is 0 Å². The van der Waals surface area contributed by atoms with Crippen LogP contribution in [0.2, 0.25) is 10.0 Å². The summed E-state index contributed by atoms with van der Waals surface area (Å²) in [5.74, 6) is 0.595. The van der Waals surface area contributed by atoms with Crippen molar-refractivity contribution in [2.24, 2.45) is 11.3 Å². The number of hydrogen-bond donors (Lipinski definition) is 0. The van der Waals surface area contributed by atoms with Crippen LogP contribution in [-0.4, -0.2) is 18.9 Å². The first kappa shape index (κ1) is 21.2. The highest BCUT2D eigenvalue weighted by Crippen LogP contribution is 2.52. The predicted octanol–water partition coefficient (Wildman–Crippen LogP) is 6.29. The molecule has 1 saturated carbocycles. The molecule has 4 nitrogen and oxygen atoms in total. The zero-order valence-electron chi connectivity index (χ0n) is 17.1. The van der Waals surface area contributed by atoms with E-state index in [0.717, 1.165) is 24.0 Å². The molecule has 30 heavy (non-hydrogen) atoms. The summed E-state index contributed by atoms with van der Waals surface area (Å²) in [5.41, 5.74) is 2.42.